The van der Waals surface area contributed by atoms with E-state index in [4.69, 9.17) is 0 Å². The summed E-state index contributed by atoms with van der Waals surface area (Å²) in [6.07, 6.45) is 7.40. The van der Waals surface area contributed by atoms with Crippen LogP contribution in [0.2, 0.25) is 0 Å². The van der Waals surface area contributed by atoms with Crippen LogP contribution in [0.5, 0.6) is 0 Å². The number of carbonyl (C=O) groups excluding carboxylic acids is 1. The van der Waals surface area contributed by atoms with E-state index in [2.05, 4.69) is 30.6 Å². The van der Waals surface area contributed by atoms with Gasteiger partial charge in [0.15, 0.2) is 0 Å². The number of amides is 1. The van der Waals surface area contributed by atoms with Gasteiger partial charge in [0.1, 0.15) is 0 Å². The van der Waals surface area contributed by atoms with Gasteiger partial charge in [-0.05, 0) is 25.0 Å². The number of piperazine rings is 1. The molecule has 2 N–H and O–H groups in total. The van der Waals surface area contributed by atoms with Crippen molar-refractivity contribution < 1.29 is 4.79 Å². The van der Waals surface area contributed by atoms with Crippen molar-refractivity contribution in [2.45, 2.75) is 18.8 Å². The van der Waals surface area contributed by atoms with Crippen molar-refractivity contribution in [3.63, 3.8) is 0 Å². The normalized spacial score (nSPS) is 17.3. The maximum absolute atomic E-state index is 13.0. The van der Waals surface area contributed by atoms with Crippen LogP contribution in [0, 0.1) is 0 Å². The Balaban J connectivity index is 1.39. The predicted octanol–water partition coefficient (Wildman–Crippen LogP) is 1.66. The summed E-state index contributed by atoms with van der Waals surface area (Å²) in [4.78, 5) is 24.0. The Labute approximate surface area is 156 Å². The van der Waals surface area contributed by atoms with Gasteiger partial charge in [-0.3, -0.25) is 4.79 Å². The van der Waals surface area contributed by atoms with E-state index in [-0.39, 0.29) is 5.91 Å². The van der Waals surface area contributed by atoms with Crippen LogP contribution in [0.3, 0.4) is 0 Å². The fourth-order valence-corrected chi connectivity index (χ4v) is 3.50. The molecular formula is C19H21N7O. The second-order valence-corrected chi connectivity index (χ2v) is 7.03. The van der Waals surface area contributed by atoms with Gasteiger partial charge in [-0.25, -0.2) is 14.5 Å². The van der Waals surface area contributed by atoms with Crippen molar-refractivity contribution in [1.82, 2.24) is 24.9 Å². The Morgan fingerprint density at radius 1 is 1.15 bits per heavy atom. The summed E-state index contributed by atoms with van der Waals surface area (Å²) in [6.45, 7) is 3.64. The number of carbonyl (C=O) groups is 1. The first kappa shape index (κ1) is 16.2. The van der Waals surface area contributed by atoms with E-state index in [1.807, 2.05) is 24.4 Å². The summed E-state index contributed by atoms with van der Waals surface area (Å²) < 4.78 is 1.78. The summed E-state index contributed by atoms with van der Waals surface area (Å²) in [5, 5.41) is 10.9. The third-order valence-electron chi connectivity index (χ3n) is 5.05. The number of aromatic nitrogens is 4. The van der Waals surface area contributed by atoms with Crippen molar-refractivity contribution >= 4 is 23.1 Å². The molecule has 0 aromatic carbocycles. The molecule has 8 heteroatoms. The van der Waals surface area contributed by atoms with Crippen LogP contribution < -0.4 is 15.5 Å². The van der Waals surface area contributed by atoms with Crippen molar-refractivity contribution in [3.05, 3.63) is 48.0 Å². The molecule has 0 radical (unpaired) electrons. The van der Waals surface area contributed by atoms with E-state index in [1.54, 1.807) is 16.9 Å². The van der Waals surface area contributed by atoms with Crippen molar-refractivity contribution in [2.24, 2.45) is 0 Å². The van der Waals surface area contributed by atoms with E-state index < -0.39 is 0 Å². The first-order valence-electron chi connectivity index (χ1n) is 9.36. The number of nitrogens with zero attached hydrogens (tertiary/aromatic N) is 5. The smallest absolute Gasteiger partial charge is 0.259 e. The van der Waals surface area contributed by atoms with Crippen molar-refractivity contribution in [3.8, 4) is 0 Å². The lowest BCUT2D eigenvalue weighted by molar-refractivity contribution is 0.102. The molecule has 0 atom stereocenters. The fourth-order valence-electron chi connectivity index (χ4n) is 3.50. The summed E-state index contributed by atoms with van der Waals surface area (Å²) in [7, 11) is 0. The molecule has 3 aromatic rings. The Morgan fingerprint density at radius 2 is 1.93 bits per heavy atom. The van der Waals surface area contributed by atoms with Crippen LogP contribution in [-0.4, -0.2) is 51.7 Å². The predicted molar refractivity (Wildman–Crippen MR) is 102 cm³/mol. The first-order valence-corrected chi connectivity index (χ1v) is 9.36. The van der Waals surface area contributed by atoms with E-state index in [0.717, 1.165) is 50.2 Å². The summed E-state index contributed by atoms with van der Waals surface area (Å²) in [6, 6.07) is 5.77. The number of pyridine rings is 1. The summed E-state index contributed by atoms with van der Waals surface area (Å²) >= 11 is 0. The van der Waals surface area contributed by atoms with Crippen LogP contribution in [0.15, 0.2) is 36.8 Å². The highest BCUT2D eigenvalue weighted by Crippen LogP contribution is 2.42. The quantitative estimate of drug-likeness (QED) is 0.733. The lowest BCUT2D eigenvalue weighted by atomic mass is 10.1. The maximum Gasteiger partial charge on any atom is 0.259 e. The molecule has 0 bridgehead atoms. The van der Waals surface area contributed by atoms with E-state index in [1.165, 1.54) is 0 Å². The van der Waals surface area contributed by atoms with E-state index >= 15 is 0 Å². The molecule has 4 heterocycles. The van der Waals surface area contributed by atoms with Gasteiger partial charge < -0.3 is 15.5 Å². The van der Waals surface area contributed by atoms with Gasteiger partial charge in [-0.1, -0.05) is 6.07 Å². The Bertz CT molecular complexity index is 971. The van der Waals surface area contributed by atoms with E-state index in [9.17, 15) is 4.79 Å². The summed E-state index contributed by atoms with van der Waals surface area (Å²) in [5.74, 6) is 0.928. The molecule has 2 aliphatic rings. The van der Waals surface area contributed by atoms with Crippen LogP contribution in [0.25, 0.3) is 5.52 Å². The summed E-state index contributed by atoms with van der Waals surface area (Å²) in [5.41, 5.74) is 2.97. The number of rotatable bonds is 4. The lowest BCUT2D eigenvalue weighted by Crippen LogP contribution is -2.44. The molecule has 0 spiro atoms. The van der Waals surface area contributed by atoms with Crippen LogP contribution in [0.4, 0.5) is 11.6 Å². The molecular weight excluding hydrogens is 342 g/mol. The molecule has 2 fully saturated rings. The lowest BCUT2D eigenvalue weighted by Gasteiger charge is -2.27. The molecule has 1 saturated carbocycles. The van der Waals surface area contributed by atoms with Gasteiger partial charge in [0.2, 0.25) is 5.95 Å². The van der Waals surface area contributed by atoms with Gasteiger partial charge in [0.25, 0.3) is 5.91 Å². The van der Waals surface area contributed by atoms with Crippen LogP contribution in [-0.2, 0) is 0 Å². The Morgan fingerprint density at radius 3 is 2.67 bits per heavy atom. The van der Waals surface area contributed by atoms with Gasteiger partial charge in [0, 0.05) is 38.3 Å². The molecule has 1 saturated heterocycles. The molecule has 0 unspecified atom stereocenters. The molecule has 1 aliphatic heterocycles. The minimum Gasteiger partial charge on any atom is -0.338 e. The zero-order chi connectivity index (χ0) is 18.2. The number of hydrogen-bond acceptors (Lipinski definition) is 6. The highest BCUT2D eigenvalue weighted by Gasteiger charge is 2.32. The SMILES string of the molecule is O=C(Nc1cnc(N2CCNCC2)nc1)c1c(C2CC2)nn2ccccc12. The third-order valence-corrected chi connectivity index (χ3v) is 5.05. The topological polar surface area (TPSA) is 87.5 Å². The number of anilines is 2. The second kappa shape index (κ2) is 6.62. The standard InChI is InChI=1S/C19H21N7O/c27-18(16-15-3-1-2-8-26(15)24-17(16)13-4-5-13)23-14-11-21-19(22-12-14)25-9-6-20-7-10-25/h1-3,8,11-13,20H,4-7,9-10H2,(H,23,27). The van der Waals surface area contributed by atoms with Crippen LogP contribution >= 0.6 is 0 Å². The molecule has 27 heavy (non-hydrogen) atoms. The highest BCUT2D eigenvalue weighted by molar-refractivity contribution is 6.10. The average Bonchev–Trinajstić information content (AvgIpc) is 3.49. The number of fused-ring (bicyclic) bond motifs is 1. The van der Waals surface area contributed by atoms with Gasteiger partial charge >= 0.3 is 0 Å². The molecule has 5 rings (SSSR count). The van der Waals surface area contributed by atoms with Gasteiger partial charge in [-0.2, -0.15) is 5.10 Å². The van der Waals surface area contributed by atoms with E-state index in [0.29, 0.717) is 23.1 Å². The molecule has 1 aliphatic carbocycles. The second-order valence-electron chi connectivity index (χ2n) is 7.03. The minimum atomic E-state index is -0.156. The van der Waals surface area contributed by atoms with Crippen molar-refractivity contribution in [1.29, 1.82) is 0 Å². The number of nitrogens with one attached hydrogen (secondary N) is 2. The number of hydrogen-bond donors (Lipinski definition) is 2. The third kappa shape index (κ3) is 3.12. The minimum absolute atomic E-state index is 0.156. The fraction of sp³-hybridized carbons (Fsp3) is 0.368. The van der Waals surface area contributed by atoms with Crippen LogP contribution in [0.1, 0.15) is 34.8 Å². The van der Waals surface area contributed by atoms with Gasteiger partial charge in [0.05, 0.1) is 34.9 Å². The first-order chi connectivity index (χ1) is 13.3. The van der Waals surface area contributed by atoms with Crippen molar-refractivity contribution in [2.75, 3.05) is 36.4 Å². The zero-order valence-corrected chi connectivity index (χ0v) is 14.9. The Kier molecular flexibility index (Phi) is 3.97. The molecule has 1 amide bonds. The zero-order valence-electron chi connectivity index (χ0n) is 14.9. The van der Waals surface area contributed by atoms with Gasteiger partial charge in [-0.15, -0.1) is 0 Å². The highest BCUT2D eigenvalue weighted by atomic mass is 16.1. The monoisotopic (exact) mass is 363 g/mol. The Hall–Kier alpha value is -3.00. The molecule has 3 aromatic heterocycles. The molecule has 138 valence electrons. The maximum atomic E-state index is 13.0. The molecule has 8 nitrogen and oxygen atoms in total. The largest absolute Gasteiger partial charge is 0.338 e. The average molecular weight is 363 g/mol.